The first-order chi connectivity index (χ1) is 10.6. The zero-order valence-electron chi connectivity index (χ0n) is 13.3. The second-order valence-corrected chi connectivity index (χ2v) is 5.65. The summed E-state index contributed by atoms with van der Waals surface area (Å²) in [6, 6.07) is 8.11. The van der Waals surface area contributed by atoms with Crippen molar-refractivity contribution in [3.05, 3.63) is 29.8 Å². The van der Waals surface area contributed by atoms with E-state index in [1.807, 2.05) is 17.0 Å². The standard InChI is InChI=1S/C17H21N3O2/c1-12-11-16(20-9-7-19(8-10-20)13(2)21)18-17-14(12)5-4-6-15(17)22-3/h4-6,11H,7-10H2,1-3H3. The van der Waals surface area contributed by atoms with Gasteiger partial charge in [0.05, 0.1) is 7.11 Å². The molecule has 1 aliphatic rings. The maximum atomic E-state index is 11.4. The maximum absolute atomic E-state index is 11.4. The molecule has 2 heterocycles. The normalized spacial score (nSPS) is 15.2. The van der Waals surface area contributed by atoms with Crippen LogP contribution in [0, 0.1) is 6.92 Å². The van der Waals surface area contributed by atoms with Crippen LogP contribution in [0.4, 0.5) is 5.82 Å². The van der Waals surface area contributed by atoms with Gasteiger partial charge in [-0.3, -0.25) is 4.79 Å². The lowest BCUT2D eigenvalue weighted by Gasteiger charge is -2.35. The summed E-state index contributed by atoms with van der Waals surface area (Å²) in [6.07, 6.45) is 0. The van der Waals surface area contributed by atoms with Gasteiger partial charge in [0.25, 0.3) is 0 Å². The molecule has 3 rings (SSSR count). The zero-order chi connectivity index (χ0) is 15.7. The van der Waals surface area contributed by atoms with Crippen LogP contribution < -0.4 is 9.64 Å². The summed E-state index contributed by atoms with van der Waals surface area (Å²) in [4.78, 5) is 20.3. The van der Waals surface area contributed by atoms with Crippen LogP contribution in [0.2, 0.25) is 0 Å². The number of ether oxygens (including phenoxy) is 1. The van der Waals surface area contributed by atoms with Crippen LogP contribution >= 0.6 is 0 Å². The molecule has 2 aromatic rings. The first-order valence-electron chi connectivity index (χ1n) is 7.55. The van der Waals surface area contributed by atoms with Gasteiger partial charge in [-0.15, -0.1) is 0 Å². The van der Waals surface area contributed by atoms with Crippen LogP contribution in [-0.4, -0.2) is 49.1 Å². The maximum Gasteiger partial charge on any atom is 0.219 e. The quantitative estimate of drug-likeness (QED) is 0.853. The minimum atomic E-state index is 0.143. The van der Waals surface area contributed by atoms with Gasteiger partial charge in [0.15, 0.2) is 0 Å². The summed E-state index contributed by atoms with van der Waals surface area (Å²) in [5.41, 5.74) is 2.09. The van der Waals surface area contributed by atoms with E-state index in [1.54, 1.807) is 14.0 Å². The van der Waals surface area contributed by atoms with Crippen LogP contribution in [0.1, 0.15) is 12.5 Å². The Morgan fingerprint density at radius 1 is 1.23 bits per heavy atom. The van der Waals surface area contributed by atoms with Gasteiger partial charge >= 0.3 is 0 Å². The highest BCUT2D eigenvalue weighted by atomic mass is 16.5. The van der Waals surface area contributed by atoms with Crippen molar-refractivity contribution in [2.45, 2.75) is 13.8 Å². The Morgan fingerprint density at radius 3 is 2.59 bits per heavy atom. The number of methoxy groups -OCH3 is 1. The van der Waals surface area contributed by atoms with Crippen LogP contribution in [0.25, 0.3) is 10.9 Å². The summed E-state index contributed by atoms with van der Waals surface area (Å²) in [7, 11) is 1.67. The molecule has 22 heavy (non-hydrogen) atoms. The highest BCUT2D eigenvalue weighted by Gasteiger charge is 2.20. The Balaban J connectivity index is 1.94. The number of aryl methyl sites for hydroxylation is 1. The Morgan fingerprint density at radius 2 is 1.95 bits per heavy atom. The smallest absolute Gasteiger partial charge is 0.219 e. The molecule has 0 bridgehead atoms. The van der Waals surface area contributed by atoms with Gasteiger partial charge in [0, 0.05) is 38.5 Å². The number of pyridine rings is 1. The lowest BCUT2D eigenvalue weighted by molar-refractivity contribution is -0.129. The third-order valence-corrected chi connectivity index (χ3v) is 4.26. The number of piperazine rings is 1. The molecule has 5 nitrogen and oxygen atoms in total. The summed E-state index contributed by atoms with van der Waals surface area (Å²) in [6.45, 7) is 6.84. The Hall–Kier alpha value is -2.30. The van der Waals surface area contributed by atoms with Gasteiger partial charge in [-0.2, -0.15) is 0 Å². The number of carbonyl (C=O) groups excluding carboxylic acids is 1. The molecular formula is C17H21N3O2. The number of amides is 1. The van der Waals surface area contributed by atoms with Gasteiger partial charge in [-0.05, 0) is 24.6 Å². The van der Waals surface area contributed by atoms with Crippen molar-refractivity contribution in [1.29, 1.82) is 0 Å². The zero-order valence-corrected chi connectivity index (χ0v) is 13.3. The van der Waals surface area contributed by atoms with Crippen molar-refractivity contribution in [3.63, 3.8) is 0 Å². The largest absolute Gasteiger partial charge is 0.494 e. The highest BCUT2D eigenvalue weighted by molar-refractivity contribution is 5.89. The number of hydrogen-bond donors (Lipinski definition) is 0. The molecule has 5 heteroatoms. The topological polar surface area (TPSA) is 45.7 Å². The van der Waals surface area contributed by atoms with E-state index >= 15 is 0 Å². The number of rotatable bonds is 2. The van der Waals surface area contributed by atoms with Crippen molar-refractivity contribution >= 4 is 22.6 Å². The Kier molecular flexibility index (Phi) is 3.88. The number of carbonyl (C=O) groups is 1. The number of aromatic nitrogens is 1. The molecule has 116 valence electrons. The Bertz CT molecular complexity index is 706. The molecule has 1 aromatic heterocycles. The van der Waals surface area contributed by atoms with Crippen molar-refractivity contribution < 1.29 is 9.53 Å². The number of fused-ring (bicyclic) bond motifs is 1. The van der Waals surface area contributed by atoms with Crippen molar-refractivity contribution in [1.82, 2.24) is 9.88 Å². The van der Waals surface area contributed by atoms with E-state index in [2.05, 4.69) is 24.0 Å². The fraction of sp³-hybridized carbons (Fsp3) is 0.412. The van der Waals surface area contributed by atoms with Crippen molar-refractivity contribution in [2.24, 2.45) is 0 Å². The lowest BCUT2D eigenvalue weighted by atomic mass is 10.1. The third-order valence-electron chi connectivity index (χ3n) is 4.26. The fourth-order valence-corrected chi connectivity index (χ4v) is 2.95. The molecule has 1 saturated heterocycles. The number of hydrogen-bond acceptors (Lipinski definition) is 4. The predicted molar refractivity (Wildman–Crippen MR) is 87.5 cm³/mol. The predicted octanol–water partition coefficient (Wildman–Crippen LogP) is 2.22. The molecule has 1 aliphatic heterocycles. The molecule has 0 atom stereocenters. The lowest BCUT2D eigenvalue weighted by Crippen LogP contribution is -2.48. The summed E-state index contributed by atoms with van der Waals surface area (Å²) >= 11 is 0. The molecule has 0 radical (unpaired) electrons. The molecule has 1 fully saturated rings. The van der Waals surface area contributed by atoms with E-state index in [0.717, 1.165) is 48.6 Å². The highest BCUT2D eigenvalue weighted by Crippen LogP contribution is 2.29. The van der Waals surface area contributed by atoms with E-state index in [1.165, 1.54) is 5.56 Å². The molecule has 0 spiro atoms. The average molecular weight is 299 g/mol. The molecule has 0 unspecified atom stereocenters. The van der Waals surface area contributed by atoms with Crippen LogP contribution in [-0.2, 0) is 4.79 Å². The fourth-order valence-electron chi connectivity index (χ4n) is 2.95. The molecule has 1 aromatic carbocycles. The summed E-state index contributed by atoms with van der Waals surface area (Å²) < 4.78 is 5.44. The third kappa shape index (κ3) is 2.58. The molecule has 1 amide bonds. The van der Waals surface area contributed by atoms with Crippen molar-refractivity contribution in [3.8, 4) is 5.75 Å². The van der Waals surface area contributed by atoms with Crippen LogP contribution in [0.15, 0.2) is 24.3 Å². The molecular weight excluding hydrogens is 278 g/mol. The van der Waals surface area contributed by atoms with Gasteiger partial charge in [-0.25, -0.2) is 4.98 Å². The van der Waals surface area contributed by atoms with Gasteiger partial charge in [0.2, 0.25) is 5.91 Å². The van der Waals surface area contributed by atoms with Crippen molar-refractivity contribution in [2.75, 3.05) is 38.2 Å². The van der Waals surface area contributed by atoms with E-state index in [0.29, 0.717) is 0 Å². The average Bonchev–Trinajstić information content (AvgIpc) is 2.54. The van der Waals surface area contributed by atoms with E-state index in [9.17, 15) is 4.79 Å². The minimum Gasteiger partial charge on any atom is -0.494 e. The van der Waals surface area contributed by atoms with E-state index in [-0.39, 0.29) is 5.91 Å². The van der Waals surface area contributed by atoms with E-state index in [4.69, 9.17) is 9.72 Å². The first-order valence-corrected chi connectivity index (χ1v) is 7.55. The minimum absolute atomic E-state index is 0.143. The molecule has 0 saturated carbocycles. The van der Waals surface area contributed by atoms with Gasteiger partial charge in [0.1, 0.15) is 17.1 Å². The number of para-hydroxylation sites is 1. The number of benzene rings is 1. The van der Waals surface area contributed by atoms with Gasteiger partial charge < -0.3 is 14.5 Å². The molecule has 0 aliphatic carbocycles. The number of anilines is 1. The summed E-state index contributed by atoms with van der Waals surface area (Å²) in [5, 5.41) is 1.12. The van der Waals surface area contributed by atoms with Crippen LogP contribution in [0.5, 0.6) is 5.75 Å². The molecule has 0 N–H and O–H groups in total. The second-order valence-electron chi connectivity index (χ2n) is 5.65. The van der Waals surface area contributed by atoms with E-state index < -0.39 is 0 Å². The number of nitrogens with zero attached hydrogens (tertiary/aromatic N) is 3. The van der Waals surface area contributed by atoms with Crippen LogP contribution in [0.3, 0.4) is 0 Å². The SMILES string of the molecule is COc1cccc2c(C)cc(N3CCN(C(C)=O)CC3)nc12. The Labute approximate surface area is 130 Å². The monoisotopic (exact) mass is 299 g/mol. The first kappa shape index (κ1) is 14.6. The van der Waals surface area contributed by atoms with Gasteiger partial charge in [-0.1, -0.05) is 12.1 Å². The second kappa shape index (κ2) is 5.83. The summed E-state index contributed by atoms with van der Waals surface area (Å²) in [5.74, 6) is 1.89.